The fourth-order valence-electron chi connectivity index (χ4n) is 11.9. The van der Waals surface area contributed by atoms with E-state index in [4.69, 9.17) is 9.47 Å². The van der Waals surface area contributed by atoms with Crippen LogP contribution in [0.5, 0.6) is 23.0 Å². The number of ether oxygens (including phenoxy) is 2. The Kier molecular flexibility index (Phi) is 10.1. The predicted octanol–water partition coefficient (Wildman–Crippen LogP) is -29.5. The zero-order valence-corrected chi connectivity index (χ0v) is 41.8. The van der Waals surface area contributed by atoms with Gasteiger partial charge in [-0.3, -0.25) is 0 Å². The van der Waals surface area contributed by atoms with E-state index in [1.807, 2.05) is 0 Å². The third-order valence-electron chi connectivity index (χ3n) is 17.6. The van der Waals surface area contributed by atoms with Gasteiger partial charge in [0.1, 0.15) is 188 Å². The summed E-state index contributed by atoms with van der Waals surface area (Å²) in [5, 5.41) is 14.3. The van der Waals surface area contributed by atoms with E-state index in [1.165, 1.54) is 126 Å². The molecule has 7 aromatic rings. The lowest BCUT2D eigenvalue weighted by atomic mass is 9.30. The van der Waals surface area contributed by atoms with E-state index < -0.39 is 0 Å². The number of nitriles is 1. The van der Waals surface area contributed by atoms with Crippen molar-refractivity contribution in [2.75, 3.05) is 0 Å². The molecule has 0 fully saturated rings. The minimum absolute atomic E-state index is 0.153. The fourth-order valence-corrected chi connectivity index (χ4v) is 11.9. The molecule has 278 valence electrons. The Morgan fingerprint density at radius 3 is 1.13 bits per heavy atom. The Labute approximate surface area is 392 Å². The Morgan fingerprint density at radius 2 is 0.683 bits per heavy atom. The summed E-state index contributed by atoms with van der Waals surface area (Å²) >= 11 is 0. The third kappa shape index (κ3) is 5.41. The highest BCUT2D eigenvalue weighted by Gasteiger charge is 2.46. The highest BCUT2D eigenvalue weighted by Crippen LogP contribution is 2.42. The maximum atomic E-state index is 11.7. The number of hydrogen-bond donors (Lipinski definition) is 0. The summed E-state index contributed by atoms with van der Waals surface area (Å²) in [7, 11) is 47.4. The van der Waals surface area contributed by atoms with Crippen molar-refractivity contribution in [1.29, 1.82) is 5.26 Å². The largest absolute Gasteiger partial charge is 0.459 e. The van der Waals surface area contributed by atoms with Crippen LogP contribution in [0.3, 0.4) is 0 Å². The molecule has 0 atom stereocenters. The predicted molar refractivity (Wildman–Crippen MR) is 340 cm³/mol. The lowest BCUT2D eigenvalue weighted by molar-refractivity contribution is 0.472. The van der Waals surface area contributed by atoms with Crippen molar-refractivity contribution in [3.63, 3.8) is 0 Å². The van der Waals surface area contributed by atoms with E-state index in [1.54, 1.807) is 0 Å². The summed E-state index contributed by atoms with van der Waals surface area (Å²) in [4.78, 5) is 0. The van der Waals surface area contributed by atoms with Crippen molar-refractivity contribution in [2.24, 2.45) is 0 Å². The van der Waals surface area contributed by atoms with Gasteiger partial charge < -0.3 is 14.0 Å². The molecule has 26 heteroatoms. The monoisotopic (exact) mass is 789 g/mol. The van der Waals surface area contributed by atoms with E-state index in [2.05, 4.69) is 175 Å². The van der Waals surface area contributed by atoms with Gasteiger partial charge in [-0.05, 0) is 27.2 Å². The SMILES string of the molecule is Bc1c(B)c(B)c2c(c1B)Oc1c(B)c(C#N)c(-c3c(B)c(B)c(B)c(B)c3-n3c4c(B)c(B)c(B)c(B)c4c4c(B)c(B)c(B)c(B)c43)c3c1B2c1c(B)c(B)c(B)c(B)c1O3. The molecule has 4 nitrogen and oxygen atoms in total. The average molecular weight is 785 g/mol. The first-order chi connectivity index (χ1) is 29.5. The van der Waals surface area contributed by atoms with E-state index in [0.29, 0.717) is 5.56 Å². The zero-order valence-electron chi connectivity index (χ0n) is 41.8. The first-order valence-corrected chi connectivity index (χ1v) is 22.8. The smallest absolute Gasteiger partial charge is 0.259 e. The van der Waals surface area contributed by atoms with Crippen LogP contribution in [0.4, 0.5) is 0 Å². The molecule has 0 aliphatic carbocycles. The third-order valence-corrected chi connectivity index (χ3v) is 17.6. The molecule has 0 saturated heterocycles. The van der Waals surface area contributed by atoms with Crippen LogP contribution in [-0.4, -0.2) is 176 Å². The van der Waals surface area contributed by atoms with Gasteiger partial charge in [-0.15, -0.1) is 27.3 Å². The summed E-state index contributed by atoms with van der Waals surface area (Å²) in [5.41, 5.74) is 35.6. The normalized spacial score (nSPS) is 12.4. The molecule has 0 spiro atoms. The van der Waals surface area contributed by atoms with E-state index in [-0.39, 0.29) is 6.71 Å². The quantitative estimate of drug-likeness (QED) is 0.164. The molecule has 2 aliphatic heterocycles. The second-order valence-corrected chi connectivity index (χ2v) is 19.7. The van der Waals surface area contributed by atoms with Gasteiger partial charge in [0.2, 0.25) is 0 Å². The fraction of sp³-hybridized carbons (Fsp3) is 0. The lowest BCUT2D eigenvalue weighted by Gasteiger charge is -2.40. The van der Waals surface area contributed by atoms with Gasteiger partial charge in [0.05, 0.1) is 11.6 Å². The summed E-state index contributed by atoms with van der Waals surface area (Å²) in [5.74, 6) is 3.31. The molecule has 0 N–H and O–H groups in total. The van der Waals surface area contributed by atoms with E-state index in [9.17, 15) is 5.26 Å². The average Bonchev–Trinajstić information content (AvgIpc) is 3.62. The van der Waals surface area contributed by atoms with Crippen LogP contribution in [0, 0.1) is 11.3 Å². The Balaban J connectivity index is 1.57. The number of rotatable bonds is 2. The molecule has 63 heavy (non-hydrogen) atoms. The van der Waals surface area contributed by atoms with Crippen LogP contribution >= 0.6 is 0 Å². The second kappa shape index (κ2) is 14.6. The van der Waals surface area contributed by atoms with Gasteiger partial charge in [0, 0.05) is 33.3 Å². The van der Waals surface area contributed by atoms with Crippen LogP contribution in [0.1, 0.15) is 5.56 Å². The van der Waals surface area contributed by atoms with Gasteiger partial charge in [-0.25, -0.2) is 0 Å². The van der Waals surface area contributed by atoms with Crippen LogP contribution in [0.2, 0.25) is 0 Å². The highest BCUT2D eigenvalue weighted by atomic mass is 16.5. The van der Waals surface area contributed by atoms with Crippen molar-refractivity contribution in [3.8, 4) is 45.9 Å². The van der Waals surface area contributed by atoms with Crippen LogP contribution in [-0.2, 0) is 0 Å². The number of hydrogen-bond acceptors (Lipinski definition) is 3. The number of benzene rings is 6. The minimum atomic E-state index is -0.153. The molecular formula is C37H42B22N2O2. The van der Waals surface area contributed by atoms with Crippen molar-refractivity contribution < 1.29 is 9.47 Å². The molecule has 3 heterocycles. The zero-order chi connectivity index (χ0) is 46.1. The molecule has 6 aromatic carbocycles. The van der Waals surface area contributed by atoms with Crippen molar-refractivity contribution in [1.82, 2.24) is 4.57 Å². The Morgan fingerprint density at radius 1 is 0.333 bits per heavy atom. The molecule has 0 unspecified atom stereocenters. The Bertz CT molecular complexity index is 3350. The topological polar surface area (TPSA) is 47.2 Å². The van der Waals surface area contributed by atoms with Gasteiger partial charge in [-0.1, -0.05) is 81.9 Å². The number of nitrogens with zero attached hydrogens (tertiary/aromatic N) is 2. The van der Waals surface area contributed by atoms with Gasteiger partial charge in [0.25, 0.3) is 6.71 Å². The van der Waals surface area contributed by atoms with Crippen LogP contribution < -0.4 is 141 Å². The molecule has 1 aromatic heterocycles. The Hall–Kier alpha value is -4.36. The molecule has 0 saturated carbocycles. The number of fused-ring (bicyclic) bond motifs is 7. The van der Waals surface area contributed by atoms with Crippen molar-refractivity contribution in [3.05, 3.63) is 5.56 Å². The molecular weight excluding hydrogens is 742 g/mol. The highest BCUT2D eigenvalue weighted by molar-refractivity contribution is 7.03. The van der Waals surface area contributed by atoms with Crippen molar-refractivity contribution >= 4 is 324 Å². The van der Waals surface area contributed by atoms with Crippen LogP contribution in [0.25, 0.3) is 38.6 Å². The molecule has 0 radical (unpaired) electrons. The summed E-state index contributed by atoms with van der Waals surface area (Å²) in [6.45, 7) is -0.153. The molecule has 2 aliphatic rings. The van der Waals surface area contributed by atoms with E-state index in [0.717, 1.165) is 67.1 Å². The van der Waals surface area contributed by atoms with Crippen LogP contribution in [0.15, 0.2) is 0 Å². The van der Waals surface area contributed by atoms with Gasteiger partial charge in [-0.2, -0.15) is 5.26 Å². The summed E-state index contributed by atoms with van der Waals surface area (Å²) in [6.07, 6.45) is 0. The lowest BCUT2D eigenvalue weighted by Crippen LogP contribution is -2.72. The second-order valence-electron chi connectivity index (χ2n) is 19.7. The summed E-state index contributed by atoms with van der Waals surface area (Å²) in [6, 6.07) is 2.80. The van der Waals surface area contributed by atoms with E-state index >= 15 is 0 Å². The standard InChI is InChI=1S/C37H42B22N2O2/c38-7-2(1-60)3(34-30-35(7)63-37-27(58)20(51)15(46)22(53)29(37)59(30)28-21(52)14(45)19(50)26(57)36(28)62-34)4-8(39)11(42)16(47)23(54)31(4)61-32-5(9(40)12(43)17(48)24(32)55)6-10(41)13(44)18(49)25(56)33(6)61/h38-58H2. The minimum Gasteiger partial charge on any atom is -0.459 e. The first-order valence-electron chi connectivity index (χ1n) is 22.8. The first kappa shape index (κ1) is 43.9. The molecule has 9 rings (SSSR count). The van der Waals surface area contributed by atoms with Gasteiger partial charge in [0.15, 0.2) is 0 Å². The molecule has 0 amide bonds. The molecule has 0 bridgehead atoms. The maximum Gasteiger partial charge on any atom is 0.259 e. The van der Waals surface area contributed by atoms with Gasteiger partial charge >= 0.3 is 0 Å². The van der Waals surface area contributed by atoms with Crippen molar-refractivity contribution in [2.45, 2.75) is 0 Å². The summed E-state index contributed by atoms with van der Waals surface area (Å²) < 4.78 is 17.5. The maximum absolute atomic E-state index is 11.7. The number of aromatic nitrogens is 1.